The Bertz CT molecular complexity index is 1280. The van der Waals surface area contributed by atoms with E-state index in [2.05, 4.69) is 41.3 Å². The minimum atomic E-state index is -0.925. The van der Waals surface area contributed by atoms with Crippen molar-refractivity contribution in [2.75, 3.05) is 19.6 Å². The number of ketones is 1. The third kappa shape index (κ3) is 7.93. The summed E-state index contributed by atoms with van der Waals surface area (Å²) in [6, 6.07) is 21.7. The molecule has 39 heavy (non-hydrogen) atoms. The number of amides is 1. The molecule has 204 valence electrons. The summed E-state index contributed by atoms with van der Waals surface area (Å²) in [4.78, 5) is 24.8. The van der Waals surface area contributed by atoms with Crippen molar-refractivity contribution in [3.05, 3.63) is 88.4 Å². The quantitative estimate of drug-likeness (QED) is 0.225. The molecule has 6 rings (SSSR count). The summed E-state index contributed by atoms with van der Waals surface area (Å²) in [5.74, 6) is 0.0271. The van der Waals surface area contributed by atoms with Gasteiger partial charge in [0.15, 0.2) is 0 Å². The number of likely N-dealkylation sites (tertiary alicyclic amines) is 1. The number of hydrogen-bond donors (Lipinski definition) is 1. The second-order valence-electron chi connectivity index (χ2n) is 10.9. The number of carbonyl (C=O) groups is 2. The number of carbonyl (C=O) groups excluding carboxylic acids is 2. The summed E-state index contributed by atoms with van der Waals surface area (Å²) in [5.41, 5.74) is 10.2. The average Bonchev–Trinajstić information content (AvgIpc) is 3.90. The van der Waals surface area contributed by atoms with Crippen LogP contribution in [0.3, 0.4) is 0 Å². The number of halogens is 1. The molecule has 0 atom stereocenters. The van der Waals surface area contributed by atoms with E-state index in [1.54, 1.807) is 12.1 Å². The van der Waals surface area contributed by atoms with Crippen LogP contribution in [0.1, 0.15) is 72.3 Å². The number of nitrogens with two attached hydrogens (primary N) is 1. The monoisotopic (exact) mass is 544 g/mol. The summed E-state index contributed by atoms with van der Waals surface area (Å²) in [5, 5.41) is 0.769. The van der Waals surface area contributed by atoms with Crippen LogP contribution in [-0.4, -0.2) is 42.3 Å². The van der Waals surface area contributed by atoms with Gasteiger partial charge in [0, 0.05) is 5.56 Å². The van der Waals surface area contributed by atoms with Crippen LogP contribution in [0.5, 0.6) is 5.75 Å². The summed E-state index contributed by atoms with van der Waals surface area (Å²) in [6.07, 6.45) is 10.4. The average molecular weight is 545 g/mol. The molecule has 6 heteroatoms. The molecule has 5 nitrogen and oxygen atoms in total. The fourth-order valence-corrected chi connectivity index (χ4v) is 5.24. The molecule has 1 saturated heterocycles. The SMILES string of the molecule is Clc1cc(CCCN2CCCC2)ccc1OC1CC1.NC(=O)C(=O)c1ccc(-c2ccc(C3CC3)cc2)cc1. The molecule has 0 bridgehead atoms. The molecule has 2 aliphatic carbocycles. The van der Waals surface area contributed by atoms with Crippen LogP contribution >= 0.6 is 11.6 Å². The van der Waals surface area contributed by atoms with Gasteiger partial charge in [0.1, 0.15) is 5.75 Å². The van der Waals surface area contributed by atoms with Crippen molar-refractivity contribution in [1.82, 2.24) is 4.90 Å². The maximum Gasteiger partial charge on any atom is 0.289 e. The van der Waals surface area contributed by atoms with Crippen LogP contribution in [0, 0.1) is 0 Å². The molecule has 3 aliphatic rings. The second-order valence-corrected chi connectivity index (χ2v) is 11.3. The highest BCUT2D eigenvalue weighted by Gasteiger charge is 2.24. The van der Waals surface area contributed by atoms with Crippen molar-refractivity contribution >= 4 is 23.3 Å². The van der Waals surface area contributed by atoms with Gasteiger partial charge in [0.2, 0.25) is 5.78 Å². The van der Waals surface area contributed by atoms with Crippen molar-refractivity contribution in [2.24, 2.45) is 5.73 Å². The van der Waals surface area contributed by atoms with Crippen molar-refractivity contribution in [3.63, 3.8) is 0 Å². The van der Waals surface area contributed by atoms with E-state index >= 15 is 0 Å². The highest BCUT2D eigenvalue weighted by atomic mass is 35.5. The third-order valence-electron chi connectivity index (χ3n) is 7.62. The fraction of sp³-hybridized carbons (Fsp3) is 0.394. The minimum absolute atomic E-state index is 0.329. The molecule has 1 amide bonds. The molecule has 3 aromatic carbocycles. The molecule has 3 fully saturated rings. The largest absolute Gasteiger partial charge is 0.489 e. The van der Waals surface area contributed by atoms with Crippen molar-refractivity contribution < 1.29 is 14.3 Å². The van der Waals surface area contributed by atoms with Crippen LogP contribution in [0.25, 0.3) is 11.1 Å². The standard InChI is InChI=1S/C17H15NO2.C16H22ClNO/c18-17(20)16(19)15-9-7-14(8-10-15)13-5-3-12(4-6-13)11-1-2-11;17-15-12-13(4-3-11-18-9-1-2-10-18)5-8-16(15)19-14-6-7-14/h3-11H,1-2H2,(H2,18,20);5,8,12,14H,1-4,6-7,9-11H2. The summed E-state index contributed by atoms with van der Waals surface area (Å²) < 4.78 is 5.76. The Morgan fingerprint density at radius 1 is 0.872 bits per heavy atom. The zero-order valence-corrected chi connectivity index (χ0v) is 23.2. The van der Waals surface area contributed by atoms with E-state index in [9.17, 15) is 9.59 Å². The first-order chi connectivity index (χ1) is 19.0. The van der Waals surface area contributed by atoms with E-state index in [1.165, 1.54) is 75.7 Å². The predicted octanol–water partition coefficient (Wildman–Crippen LogP) is 6.81. The Morgan fingerprint density at radius 2 is 1.51 bits per heavy atom. The van der Waals surface area contributed by atoms with Gasteiger partial charge in [-0.25, -0.2) is 0 Å². The molecular weight excluding hydrogens is 508 g/mol. The van der Waals surface area contributed by atoms with E-state index in [0.29, 0.717) is 11.7 Å². The number of hydrogen-bond acceptors (Lipinski definition) is 4. The van der Waals surface area contributed by atoms with E-state index < -0.39 is 11.7 Å². The number of Topliss-reactive ketones (excluding diaryl/α,β-unsaturated/α-hetero) is 1. The number of primary amides is 1. The van der Waals surface area contributed by atoms with Gasteiger partial charge < -0.3 is 15.4 Å². The zero-order valence-electron chi connectivity index (χ0n) is 22.4. The highest BCUT2D eigenvalue weighted by molar-refractivity contribution is 6.42. The lowest BCUT2D eigenvalue weighted by Gasteiger charge is -2.14. The van der Waals surface area contributed by atoms with Crippen molar-refractivity contribution in [1.29, 1.82) is 0 Å². The Labute approximate surface area is 236 Å². The van der Waals surface area contributed by atoms with Crippen molar-refractivity contribution in [3.8, 4) is 16.9 Å². The van der Waals surface area contributed by atoms with Gasteiger partial charge in [-0.2, -0.15) is 0 Å². The Balaban J connectivity index is 0.000000158. The molecule has 2 saturated carbocycles. The number of nitrogens with zero attached hydrogens (tertiary/aromatic N) is 1. The normalized spacial score (nSPS) is 16.8. The van der Waals surface area contributed by atoms with Gasteiger partial charge >= 0.3 is 0 Å². The number of ether oxygens (including phenoxy) is 1. The first kappa shape index (κ1) is 27.4. The topological polar surface area (TPSA) is 72.6 Å². The smallest absolute Gasteiger partial charge is 0.289 e. The Kier molecular flexibility index (Phi) is 9.00. The molecule has 2 N–H and O–H groups in total. The molecule has 0 unspecified atom stereocenters. The third-order valence-corrected chi connectivity index (χ3v) is 7.91. The van der Waals surface area contributed by atoms with Crippen LogP contribution in [0.4, 0.5) is 0 Å². The molecule has 1 heterocycles. The van der Waals surface area contributed by atoms with Crippen molar-refractivity contribution in [2.45, 2.75) is 63.4 Å². The van der Waals surface area contributed by atoms with Gasteiger partial charge in [0.05, 0.1) is 11.1 Å². The summed E-state index contributed by atoms with van der Waals surface area (Å²) in [7, 11) is 0. The lowest BCUT2D eigenvalue weighted by molar-refractivity contribution is -0.114. The zero-order chi connectivity index (χ0) is 27.2. The maximum absolute atomic E-state index is 11.4. The van der Waals surface area contributed by atoms with Crippen LogP contribution in [0.2, 0.25) is 5.02 Å². The van der Waals surface area contributed by atoms with Crippen LogP contribution < -0.4 is 10.5 Å². The number of benzene rings is 3. The second kappa shape index (κ2) is 12.8. The Morgan fingerprint density at radius 3 is 2.08 bits per heavy atom. The molecule has 1 aliphatic heterocycles. The van der Waals surface area contributed by atoms with E-state index in [4.69, 9.17) is 22.1 Å². The predicted molar refractivity (Wildman–Crippen MR) is 156 cm³/mol. The van der Waals surface area contributed by atoms with Gasteiger partial charge in [-0.1, -0.05) is 66.2 Å². The molecule has 0 radical (unpaired) electrons. The summed E-state index contributed by atoms with van der Waals surface area (Å²) >= 11 is 6.27. The van der Waals surface area contributed by atoms with Gasteiger partial charge in [-0.3, -0.25) is 9.59 Å². The number of aryl methyl sites for hydroxylation is 1. The first-order valence-corrected chi connectivity index (χ1v) is 14.6. The molecular formula is C33H37ClN2O3. The maximum atomic E-state index is 11.4. The van der Waals surface area contributed by atoms with Gasteiger partial charge in [0.25, 0.3) is 5.91 Å². The lowest BCUT2D eigenvalue weighted by atomic mass is 10.0. The highest BCUT2D eigenvalue weighted by Crippen LogP contribution is 2.40. The first-order valence-electron chi connectivity index (χ1n) is 14.2. The van der Waals surface area contributed by atoms with E-state index in [0.717, 1.165) is 34.2 Å². The van der Waals surface area contributed by atoms with Crippen LogP contribution in [-0.2, 0) is 11.2 Å². The minimum Gasteiger partial charge on any atom is -0.489 e. The fourth-order valence-electron chi connectivity index (χ4n) is 4.99. The summed E-state index contributed by atoms with van der Waals surface area (Å²) in [6.45, 7) is 3.79. The molecule has 0 spiro atoms. The van der Waals surface area contributed by atoms with Gasteiger partial charge in [-0.15, -0.1) is 0 Å². The number of rotatable bonds is 10. The molecule has 0 aromatic heterocycles. The molecule has 3 aromatic rings. The van der Waals surface area contributed by atoms with Crippen LogP contribution in [0.15, 0.2) is 66.7 Å². The van der Waals surface area contributed by atoms with Gasteiger partial charge in [-0.05, 0) is 111 Å². The van der Waals surface area contributed by atoms with E-state index in [-0.39, 0.29) is 0 Å². The van der Waals surface area contributed by atoms with E-state index in [1.807, 2.05) is 18.2 Å². The lowest BCUT2D eigenvalue weighted by Crippen LogP contribution is -2.22. The Hall–Kier alpha value is -3.15.